The third-order valence-corrected chi connectivity index (χ3v) is 2.57. The van der Waals surface area contributed by atoms with Crippen LogP contribution in [0.1, 0.15) is 5.76 Å². The van der Waals surface area contributed by atoms with Crippen molar-refractivity contribution in [2.24, 2.45) is 4.99 Å². The van der Waals surface area contributed by atoms with Gasteiger partial charge in [-0.1, -0.05) is 30.3 Å². The van der Waals surface area contributed by atoms with Crippen molar-refractivity contribution in [2.75, 3.05) is 13.1 Å². The molecular weight excluding hydrogens is 200 g/mol. The average molecular weight is 212 g/mol. The highest BCUT2D eigenvalue weighted by Crippen LogP contribution is 2.22. The Kier molecular flexibility index (Phi) is 2.22. The van der Waals surface area contributed by atoms with Crippen LogP contribution < -0.4 is 5.32 Å². The van der Waals surface area contributed by atoms with Gasteiger partial charge in [-0.25, -0.2) is 0 Å². The Balaban J connectivity index is 1.94. The first-order valence-corrected chi connectivity index (χ1v) is 5.37. The van der Waals surface area contributed by atoms with Gasteiger partial charge in [-0.2, -0.15) is 0 Å². The zero-order chi connectivity index (χ0) is 10.8. The van der Waals surface area contributed by atoms with Crippen LogP contribution in [0, 0.1) is 0 Å². The molecule has 0 aliphatic carbocycles. The first-order valence-electron chi connectivity index (χ1n) is 5.37. The highest BCUT2D eigenvalue weighted by molar-refractivity contribution is 5.97. The lowest BCUT2D eigenvalue weighted by Crippen LogP contribution is -2.18. The van der Waals surface area contributed by atoms with E-state index in [9.17, 15) is 0 Å². The van der Waals surface area contributed by atoms with E-state index in [4.69, 9.17) is 4.42 Å². The molecule has 16 heavy (non-hydrogen) atoms. The van der Waals surface area contributed by atoms with Gasteiger partial charge >= 0.3 is 0 Å². The van der Waals surface area contributed by atoms with Crippen LogP contribution in [0.25, 0.3) is 11.3 Å². The number of nitrogens with zero attached hydrogens (tertiary/aromatic N) is 1. The summed E-state index contributed by atoms with van der Waals surface area (Å²) >= 11 is 0. The summed E-state index contributed by atoms with van der Waals surface area (Å²) in [4.78, 5) is 4.32. The van der Waals surface area contributed by atoms with E-state index in [1.807, 2.05) is 42.5 Å². The number of hydrogen-bond donors (Lipinski definition) is 1. The van der Waals surface area contributed by atoms with Gasteiger partial charge in [0.05, 0.1) is 6.54 Å². The summed E-state index contributed by atoms with van der Waals surface area (Å²) in [5.41, 5.74) is 1.09. The molecule has 1 aromatic carbocycles. The van der Waals surface area contributed by atoms with Gasteiger partial charge in [0, 0.05) is 12.1 Å². The molecule has 0 bridgehead atoms. The Morgan fingerprint density at radius 1 is 1.00 bits per heavy atom. The summed E-state index contributed by atoms with van der Waals surface area (Å²) in [6, 6.07) is 14.0. The van der Waals surface area contributed by atoms with E-state index in [-0.39, 0.29) is 0 Å². The third-order valence-electron chi connectivity index (χ3n) is 2.57. The normalized spacial score (nSPS) is 14.6. The van der Waals surface area contributed by atoms with Crippen LogP contribution in [0.5, 0.6) is 0 Å². The van der Waals surface area contributed by atoms with E-state index >= 15 is 0 Å². The number of rotatable bonds is 2. The molecular formula is C13H12N2O. The SMILES string of the molecule is c1ccc(-c2ccc(C3=NCCN3)o2)cc1. The minimum Gasteiger partial charge on any atom is -0.453 e. The first-order chi connectivity index (χ1) is 7.93. The molecule has 1 aromatic heterocycles. The van der Waals surface area contributed by atoms with E-state index in [2.05, 4.69) is 10.3 Å². The van der Waals surface area contributed by atoms with Gasteiger partial charge in [0.1, 0.15) is 5.76 Å². The van der Waals surface area contributed by atoms with E-state index < -0.39 is 0 Å². The second kappa shape index (κ2) is 3.85. The van der Waals surface area contributed by atoms with Crippen molar-refractivity contribution in [2.45, 2.75) is 0 Å². The molecule has 2 heterocycles. The zero-order valence-corrected chi connectivity index (χ0v) is 8.81. The maximum absolute atomic E-state index is 5.76. The molecule has 0 unspecified atom stereocenters. The van der Waals surface area contributed by atoms with Crippen LogP contribution in [0.2, 0.25) is 0 Å². The summed E-state index contributed by atoms with van der Waals surface area (Å²) in [6.07, 6.45) is 0. The highest BCUT2D eigenvalue weighted by Gasteiger charge is 2.12. The Morgan fingerprint density at radius 2 is 1.81 bits per heavy atom. The second-order valence-electron chi connectivity index (χ2n) is 3.69. The molecule has 1 aliphatic heterocycles. The minimum absolute atomic E-state index is 0.816. The zero-order valence-electron chi connectivity index (χ0n) is 8.81. The monoisotopic (exact) mass is 212 g/mol. The lowest BCUT2D eigenvalue weighted by Gasteiger charge is -1.98. The van der Waals surface area contributed by atoms with E-state index in [1.165, 1.54) is 0 Å². The quantitative estimate of drug-likeness (QED) is 0.829. The molecule has 3 heteroatoms. The fraction of sp³-hybridized carbons (Fsp3) is 0.154. The van der Waals surface area contributed by atoms with E-state index in [0.717, 1.165) is 36.0 Å². The molecule has 3 rings (SSSR count). The van der Waals surface area contributed by atoms with Crippen molar-refractivity contribution < 1.29 is 4.42 Å². The van der Waals surface area contributed by atoms with Gasteiger partial charge in [-0.15, -0.1) is 0 Å². The number of benzene rings is 1. The van der Waals surface area contributed by atoms with Crippen molar-refractivity contribution in [3.05, 3.63) is 48.2 Å². The van der Waals surface area contributed by atoms with Crippen molar-refractivity contribution in [1.82, 2.24) is 5.32 Å². The summed E-state index contributed by atoms with van der Waals surface area (Å²) in [7, 11) is 0. The number of amidine groups is 1. The van der Waals surface area contributed by atoms with Gasteiger partial charge < -0.3 is 9.73 Å². The smallest absolute Gasteiger partial charge is 0.169 e. The van der Waals surface area contributed by atoms with Crippen LogP contribution in [-0.4, -0.2) is 18.9 Å². The van der Waals surface area contributed by atoms with Crippen LogP contribution in [0.4, 0.5) is 0 Å². The fourth-order valence-corrected chi connectivity index (χ4v) is 1.79. The molecule has 0 spiro atoms. The molecule has 1 aliphatic rings. The van der Waals surface area contributed by atoms with Crippen LogP contribution in [0.15, 0.2) is 51.9 Å². The summed E-state index contributed by atoms with van der Waals surface area (Å²) in [6.45, 7) is 1.73. The lowest BCUT2D eigenvalue weighted by atomic mass is 10.2. The van der Waals surface area contributed by atoms with Crippen molar-refractivity contribution in [3.63, 3.8) is 0 Å². The molecule has 0 saturated heterocycles. The topological polar surface area (TPSA) is 37.5 Å². The minimum atomic E-state index is 0.816. The largest absolute Gasteiger partial charge is 0.453 e. The number of hydrogen-bond acceptors (Lipinski definition) is 3. The van der Waals surface area contributed by atoms with Crippen molar-refractivity contribution >= 4 is 5.84 Å². The molecule has 1 N–H and O–H groups in total. The molecule has 2 aromatic rings. The Labute approximate surface area is 93.8 Å². The van der Waals surface area contributed by atoms with Gasteiger partial charge in [-0.05, 0) is 12.1 Å². The van der Waals surface area contributed by atoms with Crippen LogP contribution in [-0.2, 0) is 0 Å². The molecule has 0 amide bonds. The van der Waals surface area contributed by atoms with E-state index in [0.29, 0.717) is 0 Å². The molecule has 0 radical (unpaired) electrons. The maximum atomic E-state index is 5.76. The standard InChI is InChI=1S/C13H12N2O/c1-2-4-10(5-3-1)11-6-7-12(16-11)13-14-8-9-15-13/h1-7H,8-9H2,(H,14,15). The van der Waals surface area contributed by atoms with Crippen molar-refractivity contribution in [1.29, 1.82) is 0 Å². The molecule has 0 fully saturated rings. The molecule has 80 valence electrons. The molecule has 0 atom stereocenters. The second-order valence-corrected chi connectivity index (χ2v) is 3.69. The number of nitrogens with one attached hydrogen (secondary N) is 1. The van der Waals surface area contributed by atoms with Crippen molar-refractivity contribution in [3.8, 4) is 11.3 Å². The van der Waals surface area contributed by atoms with Gasteiger partial charge in [0.2, 0.25) is 0 Å². The summed E-state index contributed by atoms with van der Waals surface area (Å²) < 4.78 is 5.76. The first kappa shape index (κ1) is 9.21. The molecule has 0 saturated carbocycles. The Bertz CT molecular complexity index is 514. The van der Waals surface area contributed by atoms with Crippen LogP contribution >= 0.6 is 0 Å². The maximum Gasteiger partial charge on any atom is 0.169 e. The van der Waals surface area contributed by atoms with Gasteiger partial charge in [0.25, 0.3) is 0 Å². The number of furan rings is 1. The highest BCUT2D eigenvalue weighted by atomic mass is 16.3. The molecule has 3 nitrogen and oxygen atoms in total. The average Bonchev–Trinajstić information content (AvgIpc) is 3.01. The number of aliphatic imine (C=N–C) groups is 1. The van der Waals surface area contributed by atoms with E-state index in [1.54, 1.807) is 0 Å². The summed E-state index contributed by atoms with van der Waals surface area (Å²) in [5.74, 6) is 2.56. The van der Waals surface area contributed by atoms with Gasteiger partial charge in [-0.3, -0.25) is 4.99 Å². The Hall–Kier alpha value is -2.03. The predicted molar refractivity (Wildman–Crippen MR) is 63.6 cm³/mol. The Morgan fingerprint density at radius 3 is 2.56 bits per heavy atom. The third kappa shape index (κ3) is 1.60. The summed E-state index contributed by atoms with van der Waals surface area (Å²) in [5, 5.41) is 3.19. The van der Waals surface area contributed by atoms with Crippen LogP contribution in [0.3, 0.4) is 0 Å². The fourth-order valence-electron chi connectivity index (χ4n) is 1.79. The van der Waals surface area contributed by atoms with Gasteiger partial charge in [0.15, 0.2) is 11.6 Å². The predicted octanol–water partition coefficient (Wildman–Crippen LogP) is 2.30. The lowest BCUT2D eigenvalue weighted by molar-refractivity contribution is 0.570.